The van der Waals surface area contributed by atoms with Gasteiger partial charge in [-0.25, -0.2) is 4.98 Å². The molecule has 1 aliphatic rings. The maximum absolute atomic E-state index is 4.54. The van der Waals surface area contributed by atoms with Gasteiger partial charge < -0.3 is 15.2 Å². The molecule has 158 valence electrons. The Kier molecular flexibility index (Phi) is 7.69. The molecule has 1 saturated heterocycles. The molecule has 0 radical (unpaired) electrons. The van der Waals surface area contributed by atoms with E-state index in [1.54, 1.807) is 0 Å². The predicted molar refractivity (Wildman–Crippen MR) is 120 cm³/mol. The van der Waals surface area contributed by atoms with E-state index in [0.29, 0.717) is 0 Å². The number of likely N-dealkylation sites (tertiary alicyclic amines) is 1. The first kappa shape index (κ1) is 21.4. The number of rotatable bonds is 8. The number of imidazole rings is 1. The van der Waals surface area contributed by atoms with Gasteiger partial charge in [0.15, 0.2) is 5.96 Å². The molecule has 2 N–H and O–H groups in total. The summed E-state index contributed by atoms with van der Waals surface area (Å²) in [4.78, 5) is 11.5. The van der Waals surface area contributed by atoms with Crippen molar-refractivity contribution in [2.45, 2.75) is 51.6 Å². The maximum Gasteiger partial charge on any atom is 0.191 e. The molecule has 0 unspecified atom stereocenters. The summed E-state index contributed by atoms with van der Waals surface area (Å²) in [6.07, 6.45) is 8.78. The number of benzene rings is 1. The van der Waals surface area contributed by atoms with E-state index in [-0.39, 0.29) is 5.54 Å². The minimum absolute atomic E-state index is 0.129. The lowest BCUT2D eigenvalue weighted by atomic mass is 9.98. The zero-order valence-electron chi connectivity index (χ0n) is 18.2. The Hall–Kier alpha value is -2.34. The number of hydrogen-bond acceptors (Lipinski definition) is 3. The van der Waals surface area contributed by atoms with Crippen molar-refractivity contribution < 1.29 is 0 Å². The molecular weight excluding hydrogens is 360 g/mol. The van der Waals surface area contributed by atoms with Crippen molar-refractivity contribution in [2.24, 2.45) is 4.99 Å². The molecule has 0 spiro atoms. The highest BCUT2D eigenvalue weighted by molar-refractivity contribution is 5.79. The average Bonchev–Trinajstić information content (AvgIpc) is 3.18. The zero-order valence-corrected chi connectivity index (χ0v) is 18.2. The number of aromatic nitrogens is 2. The Balaban J connectivity index is 1.45. The molecule has 6 heteroatoms. The first-order valence-electron chi connectivity index (χ1n) is 10.8. The van der Waals surface area contributed by atoms with Crippen LogP contribution in [0.5, 0.6) is 0 Å². The number of nitrogens with zero attached hydrogens (tertiary/aromatic N) is 4. The second-order valence-corrected chi connectivity index (χ2v) is 8.42. The number of piperidine rings is 1. The average molecular weight is 397 g/mol. The van der Waals surface area contributed by atoms with Gasteiger partial charge in [0.25, 0.3) is 0 Å². The fourth-order valence-corrected chi connectivity index (χ4v) is 3.92. The Morgan fingerprint density at radius 1 is 1.10 bits per heavy atom. The van der Waals surface area contributed by atoms with Gasteiger partial charge in [-0.15, -0.1) is 0 Å². The molecule has 29 heavy (non-hydrogen) atoms. The molecule has 1 aliphatic heterocycles. The van der Waals surface area contributed by atoms with Crippen molar-refractivity contribution in [3.8, 4) is 0 Å². The van der Waals surface area contributed by atoms with Gasteiger partial charge in [-0.3, -0.25) is 9.89 Å². The third-order valence-electron chi connectivity index (χ3n) is 5.76. The van der Waals surface area contributed by atoms with Crippen LogP contribution in [0.25, 0.3) is 0 Å². The molecule has 2 heterocycles. The van der Waals surface area contributed by atoms with Gasteiger partial charge in [0.2, 0.25) is 0 Å². The summed E-state index contributed by atoms with van der Waals surface area (Å²) in [5.41, 5.74) is 1.42. The number of aliphatic imine (C=N–C) groups is 1. The van der Waals surface area contributed by atoms with E-state index in [0.717, 1.165) is 37.8 Å². The van der Waals surface area contributed by atoms with Crippen molar-refractivity contribution in [2.75, 3.05) is 33.2 Å². The van der Waals surface area contributed by atoms with Crippen molar-refractivity contribution in [1.82, 2.24) is 25.1 Å². The first-order chi connectivity index (χ1) is 14.1. The van der Waals surface area contributed by atoms with E-state index in [2.05, 4.69) is 74.4 Å². The van der Waals surface area contributed by atoms with E-state index in [1.165, 1.54) is 37.9 Å². The molecule has 1 fully saturated rings. The number of nitrogens with one attached hydrogen (secondary N) is 2. The Bertz CT molecular complexity index is 759. The normalized spacial score (nSPS) is 16.0. The molecule has 0 bridgehead atoms. The van der Waals surface area contributed by atoms with Gasteiger partial charge in [-0.1, -0.05) is 36.8 Å². The van der Waals surface area contributed by atoms with Crippen LogP contribution in [0.2, 0.25) is 0 Å². The minimum atomic E-state index is 0.129. The predicted octanol–water partition coefficient (Wildman–Crippen LogP) is 2.90. The van der Waals surface area contributed by atoms with E-state index >= 15 is 0 Å². The van der Waals surface area contributed by atoms with E-state index in [4.69, 9.17) is 0 Å². The molecule has 3 rings (SSSR count). The standard InChI is InChI=1S/C23H36N6/c1-23(2,29-15-8-5-9-16-29)19-27-22(24-3)26-13-12-21-25-14-17-28(21)18-20-10-6-4-7-11-20/h4,6-7,10-11,14,17H,5,8-9,12-13,15-16,18-19H2,1-3H3,(H2,24,26,27). The highest BCUT2D eigenvalue weighted by Crippen LogP contribution is 2.19. The van der Waals surface area contributed by atoms with Crippen LogP contribution >= 0.6 is 0 Å². The monoisotopic (exact) mass is 396 g/mol. The molecular formula is C23H36N6. The van der Waals surface area contributed by atoms with Crippen LogP contribution in [0, 0.1) is 0 Å². The molecule has 2 aromatic rings. The fraction of sp³-hybridized carbons (Fsp3) is 0.565. The largest absolute Gasteiger partial charge is 0.356 e. The third kappa shape index (κ3) is 6.32. The van der Waals surface area contributed by atoms with Crippen molar-refractivity contribution in [1.29, 1.82) is 0 Å². The van der Waals surface area contributed by atoms with Crippen LogP contribution in [-0.4, -0.2) is 59.2 Å². The summed E-state index contributed by atoms with van der Waals surface area (Å²) in [6, 6.07) is 10.5. The van der Waals surface area contributed by atoms with Crippen LogP contribution in [0.4, 0.5) is 0 Å². The molecule has 1 aromatic heterocycles. The molecule has 0 saturated carbocycles. The summed E-state index contributed by atoms with van der Waals surface area (Å²) >= 11 is 0. The van der Waals surface area contributed by atoms with Crippen molar-refractivity contribution in [3.63, 3.8) is 0 Å². The van der Waals surface area contributed by atoms with Crippen LogP contribution < -0.4 is 10.6 Å². The SMILES string of the molecule is CN=C(NCCc1nccn1Cc1ccccc1)NCC(C)(C)N1CCCCC1. The van der Waals surface area contributed by atoms with Crippen molar-refractivity contribution >= 4 is 5.96 Å². The molecule has 6 nitrogen and oxygen atoms in total. The summed E-state index contributed by atoms with van der Waals surface area (Å²) in [5.74, 6) is 1.95. The second-order valence-electron chi connectivity index (χ2n) is 8.42. The summed E-state index contributed by atoms with van der Waals surface area (Å²) < 4.78 is 2.21. The molecule has 1 aromatic carbocycles. The van der Waals surface area contributed by atoms with E-state index in [9.17, 15) is 0 Å². The van der Waals surface area contributed by atoms with Crippen LogP contribution in [-0.2, 0) is 13.0 Å². The van der Waals surface area contributed by atoms with Gasteiger partial charge in [-0.2, -0.15) is 0 Å². The third-order valence-corrected chi connectivity index (χ3v) is 5.76. The fourth-order valence-electron chi connectivity index (χ4n) is 3.92. The topological polar surface area (TPSA) is 57.5 Å². The van der Waals surface area contributed by atoms with Crippen LogP contribution in [0.15, 0.2) is 47.7 Å². The van der Waals surface area contributed by atoms with Gasteiger partial charge in [0.05, 0.1) is 0 Å². The maximum atomic E-state index is 4.54. The number of guanidine groups is 1. The minimum Gasteiger partial charge on any atom is -0.356 e. The Labute approximate surface area is 175 Å². The van der Waals surface area contributed by atoms with Gasteiger partial charge in [-0.05, 0) is 45.3 Å². The molecule has 0 amide bonds. The van der Waals surface area contributed by atoms with Crippen molar-refractivity contribution in [3.05, 3.63) is 54.1 Å². The van der Waals surface area contributed by atoms with Gasteiger partial charge >= 0.3 is 0 Å². The first-order valence-corrected chi connectivity index (χ1v) is 10.8. The lowest BCUT2D eigenvalue weighted by Gasteiger charge is -2.41. The highest BCUT2D eigenvalue weighted by atomic mass is 15.2. The molecule has 0 aliphatic carbocycles. The quantitative estimate of drug-likeness (QED) is 0.532. The lowest BCUT2D eigenvalue weighted by Crippen LogP contribution is -2.55. The summed E-state index contributed by atoms with van der Waals surface area (Å²) in [5, 5.41) is 6.95. The smallest absolute Gasteiger partial charge is 0.191 e. The van der Waals surface area contributed by atoms with E-state index in [1.807, 2.05) is 19.3 Å². The lowest BCUT2D eigenvalue weighted by molar-refractivity contribution is 0.0982. The van der Waals surface area contributed by atoms with E-state index < -0.39 is 0 Å². The Morgan fingerprint density at radius 3 is 2.59 bits per heavy atom. The van der Waals surface area contributed by atoms with Gasteiger partial charge in [0, 0.05) is 51.0 Å². The van der Waals surface area contributed by atoms with Crippen LogP contribution in [0.1, 0.15) is 44.5 Å². The number of hydrogen-bond donors (Lipinski definition) is 2. The van der Waals surface area contributed by atoms with Crippen LogP contribution in [0.3, 0.4) is 0 Å². The summed E-state index contributed by atoms with van der Waals surface area (Å²) in [7, 11) is 1.83. The Morgan fingerprint density at radius 2 is 1.86 bits per heavy atom. The van der Waals surface area contributed by atoms with Gasteiger partial charge in [0.1, 0.15) is 5.82 Å². The zero-order chi connectivity index (χ0) is 20.5. The second kappa shape index (κ2) is 10.4. The molecule has 0 atom stereocenters. The highest BCUT2D eigenvalue weighted by Gasteiger charge is 2.27. The summed E-state index contributed by atoms with van der Waals surface area (Å²) in [6.45, 7) is 9.58.